The number of nitrogen functional groups attached to an aromatic ring is 1. The predicted octanol–water partition coefficient (Wildman–Crippen LogP) is 5.47. The van der Waals surface area contributed by atoms with Crippen LogP contribution in [0.25, 0.3) is 11.2 Å². The molecule has 6 rings (SSSR count). The van der Waals surface area contributed by atoms with Gasteiger partial charge in [-0.05, 0) is 17.0 Å². The number of rotatable bonds is 19. The second kappa shape index (κ2) is 21.3. The number of esters is 4. The normalized spacial score (nSPS) is 26.3. The van der Waals surface area contributed by atoms with E-state index in [9.17, 15) is 19.2 Å². The zero-order valence-electron chi connectivity index (χ0n) is 36.0. The van der Waals surface area contributed by atoms with Crippen LogP contribution in [0.4, 0.5) is 5.82 Å². The van der Waals surface area contributed by atoms with Crippen molar-refractivity contribution in [1.29, 1.82) is 0 Å². The van der Waals surface area contributed by atoms with Crippen molar-refractivity contribution in [3.05, 3.63) is 84.4 Å². The average Bonchev–Trinajstić information content (AvgIpc) is 3.82. The van der Waals surface area contributed by atoms with E-state index in [-0.39, 0.29) is 42.7 Å². The summed E-state index contributed by atoms with van der Waals surface area (Å²) in [5.74, 6) is -4.64. The van der Waals surface area contributed by atoms with Crippen LogP contribution in [0.3, 0.4) is 0 Å². The van der Waals surface area contributed by atoms with Gasteiger partial charge in [0.15, 0.2) is 41.9 Å². The molecule has 2 fully saturated rings. The van der Waals surface area contributed by atoms with E-state index in [0.29, 0.717) is 11.1 Å². The third kappa shape index (κ3) is 12.4. The number of hydrogen-bond acceptors (Lipinski definition) is 20. The van der Waals surface area contributed by atoms with Crippen LogP contribution < -0.4 is 5.73 Å². The Balaban J connectivity index is 1.36. The average molecular weight is 932 g/mol. The highest BCUT2D eigenvalue weighted by atomic mass is 31.2. The van der Waals surface area contributed by atoms with Gasteiger partial charge in [0.2, 0.25) is 6.29 Å². The van der Waals surface area contributed by atoms with Crippen LogP contribution in [0, 0.1) is 11.8 Å². The van der Waals surface area contributed by atoms with Gasteiger partial charge in [0.05, 0.1) is 32.3 Å². The van der Waals surface area contributed by atoms with Crippen LogP contribution in [0.2, 0.25) is 0 Å². The molecule has 2 N–H and O–H groups in total. The molecule has 2 aliphatic rings. The highest BCUT2D eigenvalue weighted by Gasteiger charge is 2.53. The largest absolute Gasteiger partial charge is 0.463 e. The van der Waals surface area contributed by atoms with E-state index in [0.717, 1.165) is 13.8 Å². The number of hydrogen-bond donors (Lipinski definition) is 1. The Bertz CT molecular complexity index is 2350. The molecule has 2 aromatic heterocycles. The van der Waals surface area contributed by atoms with Gasteiger partial charge < -0.3 is 47.7 Å². The molecular weight excluding hydrogens is 880 g/mol. The van der Waals surface area contributed by atoms with Gasteiger partial charge in [0.25, 0.3) is 0 Å². The molecule has 0 radical (unpaired) electrons. The summed E-state index contributed by atoms with van der Waals surface area (Å²) < 4.78 is 91.2. The number of nitrogens with two attached hydrogens (primary N) is 1. The first-order valence-corrected chi connectivity index (χ1v) is 23.7. The number of nitrogens with zero attached hydrogens (tertiary/aromatic N) is 4. The maximum atomic E-state index is 15.3. The van der Waals surface area contributed by atoms with Crippen LogP contribution in [-0.4, -0.2) is 99.3 Å². The molecule has 0 saturated carbocycles. The number of carbonyl (C=O) groups is 4. The Labute approximate surface area is 368 Å². The van der Waals surface area contributed by atoms with Gasteiger partial charge in [-0.1, -0.05) is 74.5 Å². The highest BCUT2D eigenvalue weighted by molar-refractivity contribution is 7.71. The number of benzene rings is 2. The van der Waals surface area contributed by atoms with Crippen LogP contribution >= 0.6 is 15.2 Å². The maximum Gasteiger partial charge on any atom is 0.345 e. The van der Waals surface area contributed by atoms with E-state index < -0.39 is 101 Å². The van der Waals surface area contributed by atoms with Crippen molar-refractivity contribution in [3.8, 4) is 0 Å². The number of carbonyl (C=O) groups excluding carboxylic acids is 4. The molecule has 0 aliphatic carbocycles. The smallest absolute Gasteiger partial charge is 0.345 e. The fourth-order valence-corrected chi connectivity index (χ4v) is 11.8. The van der Waals surface area contributed by atoms with Crippen molar-refractivity contribution in [2.24, 2.45) is 11.8 Å². The monoisotopic (exact) mass is 931 g/mol. The third-order valence-electron chi connectivity index (χ3n) is 10.4. The molecule has 2 aromatic carbocycles. The fraction of sp³-hybridized carbons (Fsp3) is 0.488. The molecule has 4 heterocycles. The van der Waals surface area contributed by atoms with Crippen molar-refractivity contribution >= 4 is 56.1 Å². The van der Waals surface area contributed by atoms with E-state index in [1.807, 2.05) is 0 Å². The van der Waals surface area contributed by atoms with E-state index >= 15 is 9.13 Å². The zero-order valence-corrected chi connectivity index (χ0v) is 37.7. The Morgan fingerprint density at radius 2 is 1.25 bits per heavy atom. The van der Waals surface area contributed by atoms with Gasteiger partial charge >= 0.3 is 39.1 Å². The fourth-order valence-electron chi connectivity index (χ4n) is 7.14. The molecule has 4 aromatic rings. The summed E-state index contributed by atoms with van der Waals surface area (Å²) in [4.78, 5) is 61.8. The van der Waals surface area contributed by atoms with E-state index in [1.54, 1.807) is 74.5 Å². The number of fused-ring (bicyclic) bond motifs is 1. The van der Waals surface area contributed by atoms with Crippen molar-refractivity contribution in [2.75, 3.05) is 24.9 Å². The Morgan fingerprint density at radius 3 is 1.84 bits per heavy atom. The van der Waals surface area contributed by atoms with E-state index in [4.69, 9.17) is 52.2 Å². The lowest BCUT2D eigenvalue weighted by atomic mass is 9.83. The lowest BCUT2D eigenvalue weighted by molar-refractivity contribution is -0.255. The summed E-state index contributed by atoms with van der Waals surface area (Å²) in [5, 5.41) is 0. The second-order valence-corrected chi connectivity index (χ2v) is 19.8. The van der Waals surface area contributed by atoms with Gasteiger partial charge in [-0.15, -0.1) is 0 Å². The minimum absolute atomic E-state index is 0.0570. The van der Waals surface area contributed by atoms with Gasteiger partial charge in [0, 0.05) is 33.6 Å². The molecule has 21 nitrogen and oxygen atoms in total. The summed E-state index contributed by atoms with van der Waals surface area (Å²) in [6.07, 6.45) is -6.33. The molecule has 0 bridgehead atoms. The molecular formula is C41H51N5O16P2. The summed E-state index contributed by atoms with van der Waals surface area (Å²) >= 11 is 0. The van der Waals surface area contributed by atoms with Crippen LogP contribution in [-0.2, 0) is 88.0 Å². The van der Waals surface area contributed by atoms with Crippen molar-refractivity contribution in [2.45, 2.75) is 97.8 Å². The third-order valence-corrected chi connectivity index (χ3v) is 15.3. The molecule has 0 amide bonds. The summed E-state index contributed by atoms with van der Waals surface area (Å²) in [5.41, 5.74) is 7.56. The molecule has 6 unspecified atom stereocenters. The van der Waals surface area contributed by atoms with E-state index in [1.165, 1.54) is 31.1 Å². The molecule has 11 atom stereocenters. The summed E-state index contributed by atoms with van der Waals surface area (Å²) in [6.45, 7) is 6.77. The quantitative estimate of drug-likeness (QED) is 0.0694. The molecule has 23 heteroatoms. The summed E-state index contributed by atoms with van der Waals surface area (Å²) in [7, 11) is -9.50. The van der Waals surface area contributed by atoms with Gasteiger partial charge in [0.1, 0.15) is 24.6 Å². The standard InChI is InChI=1S/C41H51N5O16P2/c1-24-25(2)35(57-27(4)48)41(61-32(24)19-53-26(3)47)62-64(52,55-18-31-15-11-8-12-16-31)23-63(51,54-17-30-13-9-7-10-14-30)56-20-33-36(58-28(5)49)37(59-29(6)50)40(60-33)46-22-45-34-38(42)43-21-44-39(34)46/h7-16,21-22,24-25,32-33,35-37,40-41H,17-20,23H2,1-6H3,(H2,42,43,44)/t24-,25-,32?,33+,35?,36?,37-,40+,41?,63?,64?/m0/s1. The minimum atomic E-state index is -4.77. The molecule has 0 spiro atoms. The first-order valence-electron chi connectivity index (χ1n) is 20.2. The Morgan fingerprint density at radius 1 is 0.672 bits per heavy atom. The molecule has 2 saturated heterocycles. The van der Waals surface area contributed by atoms with Crippen molar-refractivity contribution < 1.29 is 74.8 Å². The van der Waals surface area contributed by atoms with Crippen LogP contribution in [0.15, 0.2) is 73.3 Å². The number of imidazole rings is 1. The van der Waals surface area contributed by atoms with Crippen LogP contribution in [0.1, 0.15) is 58.9 Å². The van der Waals surface area contributed by atoms with Gasteiger partial charge in [-0.25, -0.2) is 15.0 Å². The molecule has 64 heavy (non-hydrogen) atoms. The lowest BCUT2D eigenvalue weighted by Crippen LogP contribution is -2.53. The second-order valence-electron chi connectivity index (χ2n) is 15.2. The summed E-state index contributed by atoms with van der Waals surface area (Å²) in [6, 6.07) is 17.3. The minimum Gasteiger partial charge on any atom is -0.463 e. The number of anilines is 1. The molecule has 2 aliphatic heterocycles. The van der Waals surface area contributed by atoms with Gasteiger partial charge in [-0.3, -0.25) is 37.4 Å². The highest BCUT2D eigenvalue weighted by Crippen LogP contribution is 2.66. The molecule has 346 valence electrons. The van der Waals surface area contributed by atoms with Crippen molar-refractivity contribution in [3.63, 3.8) is 0 Å². The number of ether oxygens (including phenoxy) is 6. The first kappa shape index (κ1) is 48.3. The van der Waals surface area contributed by atoms with Crippen molar-refractivity contribution in [1.82, 2.24) is 19.5 Å². The van der Waals surface area contributed by atoms with Crippen LogP contribution in [0.5, 0.6) is 0 Å². The maximum absolute atomic E-state index is 15.3. The number of aromatic nitrogens is 4. The topological polar surface area (TPSA) is 264 Å². The van der Waals surface area contributed by atoms with E-state index in [2.05, 4.69) is 15.0 Å². The SMILES string of the molecule is CC(=O)OCC1OC(OP(=O)(CP(=O)(OCc2ccccc2)OC[C@H]2O[C@@H](n3cnc4c(N)ncnc43)[C@@H](OC(C)=O)C2OC(C)=O)OCc2ccccc2)C(OC(C)=O)[C@@H](C)[C@@H]1C. The Hall–Kier alpha value is -5.11. The van der Waals surface area contributed by atoms with Gasteiger partial charge in [-0.2, -0.15) is 0 Å². The first-order chi connectivity index (χ1) is 30.4. The lowest BCUT2D eigenvalue weighted by Gasteiger charge is -2.44. The zero-order chi connectivity index (χ0) is 46.2. The predicted molar refractivity (Wildman–Crippen MR) is 224 cm³/mol. The Kier molecular flexibility index (Phi) is 16.1.